The van der Waals surface area contributed by atoms with Crippen LogP contribution in [-0.2, 0) is 4.79 Å². The molecule has 31 heavy (non-hydrogen) atoms. The number of allylic oxidation sites excluding steroid dienone is 1. The summed E-state index contributed by atoms with van der Waals surface area (Å²) < 4.78 is 0. The maximum atomic E-state index is 13.5. The Morgan fingerprint density at radius 1 is 0.968 bits per heavy atom. The monoisotopic (exact) mass is 412 g/mol. The number of phenols is 1. The number of benzene rings is 3. The number of nitrogens with one attached hydrogen (secondary N) is 2. The average Bonchev–Trinajstić information content (AvgIpc) is 2.83. The smallest absolute Gasteiger partial charge is 0.163 e. The number of ketones is 1. The molecule has 4 nitrogen and oxygen atoms in total. The molecule has 2 aliphatic rings. The number of aryl methyl sites for hydroxylation is 2. The minimum atomic E-state index is -0.430. The fourth-order valence-electron chi connectivity index (χ4n) is 5.01. The summed E-state index contributed by atoms with van der Waals surface area (Å²) in [6, 6.07) is 15.5. The molecule has 5 rings (SSSR count). The molecule has 4 heteroatoms. The Bertz CT molecular complexity index is 1270. The molecule has 0 amide bonds. The van der Waals surface area contributed by atoms with E-state index < -0.39 is 6.04 Å². The van der Waals surface area contributed by atoms with Gasteiger partial charge >= 0.3 is 0 Å². The van der Waals surface area contributed by atoms with Crippen molar-refractivity contribution in [2.24, 2.45) is 5.41 Å². The van der Waals surface area contributed by atoms with E-state index in [1.165, 1.54) is 11.1 Å². The number of hydrogen-bond donors (Lipinski definition) is 3. The van der Waals surface area contributed by atoms with Gasteiger partial charge in [0.05, 0.1) is 17.4 Å². The van der Waals surface area contributed by atoms with Crippen molar-refractivity contribution in [2.45, 2.75) is 46.6 Å². The highest BCUT2D eigenvalue weighted by Gasteiger charge is 2.40. The van der Waals surface area contributed by atoms with Crippen LogP contribution in [0.5, 0.6) is 5.75 Å². The van der Waals surface area contributed by atoms with E-state index in [4.69, 9.17) is 0 Å². The van der Waals surface area contributed by atoms with Crippen LogP contribution in [0.3, 0.4) is 0 Å². The maximum Gasteiger partial charge on any atom is 0.163 e. The van der Waals surface area contributed by atoms with E-state index >= 15 is 0 Å². The van der Waals surface area contributed by atoms with E-state index in [2.05, 4.69) is 50.5 Å². The largest absolute Gasteiger partial charge is 0.508 e. The van der Waals surface area contributed by atoms with Crippen molar-refractivity contribution in [3.05, 3.63) is 76.5 Å². The molecule has 158 valence electrons. The Kier molecular flexibility index (Phi) is 4.37. The van der Waals surface area contributed by atoms with Gasteiger partial charge in [0, 0.05) is 23.3 Å². The third-order valence-electron chi connectivity index (χ3n) is 6.66. The highest BCUT2D eigenvalue weighted by Crippen LogP contribution is 2.48. The van der Waals surface area contributed by atoms with E-state index in [0.717, 1.165) is 45.4 Å². The first-order valence-electron chi connectivity index (χ1n) is 10.9. The van der Waals surface area contributed by atoms with Gasteiger partial charge in [-0.05, 0) is 65.8 Å². The number of rotatable bonds is 1. The quantitative estimate of drug-likeness (QED) is 0.434. The fraction of sp³-hybridized carbons (Fsp3) is 0.296. The van der Waals surface area contributed by atoms with Crippen molar-refractivity contribution in [3.8, 4) is 5.75 Å². The molecule has 0 unspecified atom stereocenters. The molecule has 0 aromatic heterocycles. The summed E-state index contributed by atoms with van der Waals surface area (Å²) in [5.41, 5.74) is 6.63. The Labute approximate surface area is 183 Å². The molecule has 1 aliphatic carbocycles. The molecule has 0 radical (unpaired) electrons. The second-order valence-corrected chi connectivity index (χ2v) is 9.74. The van der Waals surface area contributed by atoms with Gasteiger partial charge in [-0.15, -0.1) is 0 Å². The van der Waals surface area contributed by atoms with Gasteiger partial charge in [-0.2, -0.15) is 0 Å². The highest BCUT2D eigenvalue weighted by atomic mass is 16.3. The average molecular weight is 413 g/mol. The summed E-state index contributed by atoms with van der Waals surface area (Å²) in [7, 11) is 0. The van der Waals surface area contributed by atoms with Crippen molar-refractivity contribution >= 4 is 27.9 Å². The zero-order valence-corrected chi connectivity index (χ0v) is 18.5. The third-order valence-corrected chi connectivity index (χ3v) is 6.66. The van der Waals surface area contributed by atoms with Gasteiger partial charge in [-0.25, -0.2) is 0 Å². The number of fused-ring (bicyclic) bond motifs is 2. The molecule has 1 aliphatic heterocycles. The van der Waals surface area contributed by atoms with Gasteiger partial charge in [-0.1, -0.05) is 44.2 Å². The summed E-state index contributed by atoms with van der Waals surface area (Å²) in [6.07, 6.45) is 1.27. The SMILES string of the molecule is Cc1cc2c(cc1C)N[C@H](c1c(O)ccc3ccccc13)C1=C(CC(C)(C)CC1=O)N2. The molecular weight excluding hydrogens is 384 g/mol. The van der Waals surface area contributed by atoms with E-state index in [-0.39, 0.29) is 16.9 Å². The Balaban J connectivity index is 1.80. The van der Waals surface area contributed by atoms with Gasteiger partial charge in [0.25, 0.3) is 0 Å². The van der Waals surface area contributed by atoms with Crippen molar-refractivity contribution in [1.82, 2.24) is 0 Å². The van der Waals surface area contributed by atoms with Crippen LogP contribution in [0.15, 0.2) is 59.8 Å². The van der Waals surface area contributed by atoms with Crippen LogP contribution in [0.25, 0.3) is 10.8 Å². The highest BCUT2D eigenvalue weighted by molar-refractivity contribution is 6.02. The fourth-order valence-corrected chi connectivity index (χ4v) is 5.01. The zero-order valence-electron chi connectivity index (χ0n) is 18.5. The lowest BCUT2D eigenvalue weighted by Gasteiger charge is -2.34. The van der Waals surface area contributed by atoms with Crippen LogP contribution >= 0.6 is 0 Å². The van der Waals surface area contributed by atoms with Crippen LogP contribution in [0.2, 0.25) is 0 Å². The summed E-state index contributed by atoms with van der Waals surface area (Å²) in [6.45, 7) is 8.47. The molecule has 1 atom stereocenters. The second-order valence-electron chi connectivity index (χ2n) is 9.74. The molecule has 1 heterocycles. The number of aromatic hydroxyl groups is 1. The summed E-state index contributed by atoms with van der Waals surface area (Å²) in [4.78, 5) is 13.5. The molecule has 0 saturated carbocycles. The normalized spacial score (nSPS) is 19.9. The van der Waals surface area contributed by atoms with Crippen molar-refractivity contribution in [1.29, 1.82) is 0 Å². The van der Waals surface area contributed by atoms with Crippen LogP contribution in [0.1, 0.15) is 49.4 Å². The topological polar surface area (TPSA) is 61.4 Å². The second kappa shape index (κ2) is 6.88. The molecular formula is C27H28N2O2. The lowest BCUT2D eigenvalue weighted by Crippen LogP contribution is -2.31. The Morgan fingerprint density at radius 3 is 2.45 bits per heavy atom. The maximum absolute atomic E-state index is 13.5. The molecule has 0 saturated heterocycles. The van der Waals surface area contributed by atoms with E-state index in [0.29, 0.717) is 6.42 Å². The van der Waals surface area contributed by atoms with Crippen molar-refractivity contribution in [2.75, 3.05) is 10.6 Å². The van der Waals surface area contributed by atoms with E-state index in [1.807, 2.05) is 30.3 Å². The van der Waals surface area contributed by atoms with Crippen LogP contribution in [0, 0.1) is 19.3 Å². The Morgan fingerprint density at radius 2 is 1.68 bits per heavy atom. The molecule has 3 aromatic carbocycles. The van der Waals surface area contributed by atoms with E-state index in [9.17, 15) is 9.90 Å². The first-order chi connectivity index (χ1) is 14.7. The molecule has 0 fully saturated rings. The number of Topliss-reactive ketones (excluding diaryl/α,β-unsaturated/α-hetero) is 1. The summed E-state index contributed by atoms with van der Waals surface area (Å²) in [5.74, 6) is 0.331. The minimum Gasteiger partial charge on any atom is -0.508 e. The number of carbonyl (C=O) groups is 1. The van der Waals surface area contributed by atoms with Gasteiger partial charge in [0.2, 0.25) is 0 Å². The summed E-state index contributed by atoms with van der Waals surface area (Å²) >= 11 is 0. The molecule has 3 aromatic rings. The predicted molar refractivity (Wildman–Crippen MR) is 127 cm³/mol. The molecule has 3 N–H and O–H groups in total. The van der Waals surface area contributed by atoms with Crippen LogP contribution in [-0.4, -0.2) is 10.9 Å². The van der Waals surface area contributed by atoms with Crippen molar-refractivity contribution in [3.63, 3.8) is 0 Å². The standard InChI is InChI=1S/C27H28N2O2/c1-15-11-19-20(12-16(15)2)29-26(25-21(28-19)13-27(3,4)14-23(25)31)24-18-8-6-5-7-17(18)9-10-22(24)30/h5-12,26,28-30H,13-14H2,1-4H3/t26-/m1/s1. The third kappa shape index (κ3) is 3.27. The lowest BCUT2D eigenvalue weighted by atomic mass is 9.73. The number of anilines is 2. The lowest BCUT2D eigenvalue weighted by molar-refractivity contribution is -0.118. The van der Waals surface area contributed by atoms with Crippen LogP contribution in [0.4, 0.5) is 11.4 Å². The van der Waals surface area contributed by atoms with Crippen molar-refractivity contribution < 1.29 is 9.90 Å². The first-order valence-corrected chi connectivity index (χ1v) is 10.9. The number of hydrogen-bond acceptors (Lipinski definition) is 4. The Hall–Kier alpha value is -3.27. The van der Waals surface area contributed by atoms with Gasteiger partial charge in [0.1, 0.15) is 5.75 Å². The van der Waals surface area contributed by atoms with Gasteiger partial charge in [-0.3, -0.25) is 4.79 Å². The predicted octanol–water partition coefficient (Wildman–Crippen LogP) is 6.38. The van der Waals surface area contributed by atoms with Gasteiger partial charge < -0.3 is 15.7 Å². The van der Waals surface area contributed by atoms with Crippen LogP contribution < -0.4 is 10.6 Å². The zero-order chi connectivity index (χ0) is 21.9. The van der Waals surface area contributed by atoms with E-state index in [1.54, 1.807) is 6.07 Å². The minimum absolute atomic E-state index is 0.113. The van der Waals surface area contributed by atoms with Gasteiger partial charge in [0.15, 0.2) is 5.78 Å². The number of carbonyl (C=O) groups excluding carboxylic acids is 1. The summed E-state index contributed by atoms with van der Waals surface area (Å²) in [5, 5.41) is 20.2. The molecule has 0 bridgehead atoms. The molecule has 0 spiro atoms. The number of phenolic OH excluding ortho intramolecular Hbond substituents is 1. The first kappa shape index (κ1) is 19.7.